The molecule has 0 unspecified atom stereocenters. The summed E-state index contributed by atoms with van der Waals surface area (Å²) in [5.41, 5.74) is -5.97. The van der Waals surface area contributed by atoms with Gasteiger partial charge in [0, 0.05) is 67.8 Å². The molecule has 0 aromatic rings. The van der Waals surface area contributed by atoms with E-state index in [-0.39, 0.29) is 29.2 Å². The van der Waals surface area contributed by atoms with Gasteiger partial charge in [-0.2, -0.15) is 25.9 Å². The molecule has 0 heterocycles. The van der Waals surface area contributed by atoms with Gasteiger partial charge >= 0.3 is 41.0 Å². The number of halogens is 3. The third-order valence-electron chi connectivity index (χ3n) is 4.52. The molecule has 0 atom stereocenters. The third-order valence-corrected chi connectivity index (χ3v) is 15.2. The van der Waals surface area contributed by atoms with E-state index in [0.29, 0.717) is 0 Å². The fourth-order valence-corrected chi connectivity index (χ4v) is 9.27. The molecule has 0 amide bonds. The molecule has 18 heteroatoms. The molecule has 0 N–H and O–H groups in total. The second-order valence-corrected chi connectivity index (χ2v) is 17.6. The van der Waals surface area contributed by atoms with E-state index < -0.39 is 54.1 Å². The van der Waals surface area contributed by atoms with Crippen LogP contribution in [0.5, 0.6) is 0 Å². The van der Waals surface area contributed by atoms with Crippen LogP contribution in [0, 0.1) is 0 Å². The Labute approximate surface area is 182 Å². The van der Waals surface area contributed by atoms with Crippen molar-refractivity contribution in [1.29, 1.82) is 0 Å². The van der Waals surface area contributed by atoms with Crippen LogP contribution in [-0.2, 0) is 44.5 Å². The van der Waals surface area contributed by atoms with Crippen LogP contribution in [0.3, 0.4) is 0 Å². The highest BCUT2D eigenvalue weighted by Crippen LogP contribution is 2.31. The molecular formula is C13H30F3NO10S2Si2. The van der Waals surface area contributed by atoms with Crippen molar-refractivity contribution in [2.75, 3.05) is 55.7 Å². The van der Waals surface area contributed by atoms with Gasteiger partial charge in [-0.25, -0.2) is 8.42 Å². The first-order chi connectivity index (χ1) is 14.2. The molecule has 188 valence electrons. The lowest BCUT2D eigenvalue weighted by Gasteiger charge is -2.28. The van der Waals surface area contributed by atoms with Crippen LogP contribution in [0.1, 0.15) is 12.8 Å². The van der Waals surface area contributed by atoms with Gasteiger partial charge in [-0.15, -0.1) is 0 Å². The van der Waals surface area contributed by atoms with Gasteiger partial charge in [0.25, 0.3) is 0 Å². The van der Waals surface area contributed by atoms with Gasteiger partial charge in [-0.3, -0.25) is 0 Å². The zero-order chi connectivity index (χ0) is 24.6. The molecule has 0 bridgehead atoms. The molecule has 0 spiro atoms. The van der Waals surface area contributed by atoms with Crippen molar-refractivity contribution in [2.24, 2.45) is 0 Å². The van der Waals surface area contributed by atoms with Crippen LogP contribution in [0.25, 0.3) is 0 Å². The number of hydrogen-bond acceptors (Lipinski definition) is 10. The summed E-state index contributed by atoms with van der Waals surface area (Å²) >= 11 is 0. The van der Waals surface area contributed by atoms with Crippen molar-refractivity contribution in [2.45, 2.75) is 30.4 Å². The summed E-state index contributed by atoms with van der Waals surface area (Å²) < 4.78 is 118. The minimum Gasteiger partial charge on any atom is -0.377 e. The van der Waals surface area contributed by atoms with Gasteiger partial charge in [0.15, 0.2) is 0 Å². The lowest BCUT2D eigenvalue weighted by Crippen LogP contribution is -2.46. The average Bonchev–Trinajstić information content (AvgIpc) is 2.72. The SMILES string of the molecule is CO[Si](CCCN(CCC[Si](OC)(OC)OC)S(=O)(=O)S(=O)(=O)C(F)(F)F)(OC)OC. The van der Waals surface area contributed by atoms with Gasteiger partial charge in [-0.05, 0) is 12.8 Å². The van der Waals surface area contributed by atoms with E-state index >= 15 is 0 Å². The Morgan fingerprint density at radius 1 is 0.677 bits per heavy atom. The lowest BCUT2D eigenvalue weighted by molar-refractivity contribution is -0.0414. The Morgan fingerprint density at radius 3 is 1.19 bits per heavy atom. The van der Waals surface area contributed by atoms with Crippen LogP contribution in [0.2, 0.25) is 12.1 Å². The quantitative estimate of drug-likeness (QED) is 0.208. The smallest absolute Gasteiger partial charge is 0.377 e. The van der Waals surface area contributed by atoms with Crippen LogP contribution >= 0.6 is 0 Å². The molecule has 0 aliphatic heterocycles. The Kier molecular flexibility index (Phi) is 12.3. The first-order valence-electron chi connectivity index (χ1n) is 8.80. The Balaban J connectivity index is 5.69. The Bertz CT molecular complexity index is 701. The molecule has 0 saturated carbocycles. The van der Waals surface area contributed by atoms with E-state index in [2.05, 4.69) is 0 Å². The second-order valence-electron chi connectivity index (χ2n) is 6.05. The molecule has 0 aliphatic carbocycles. The van der Waals surface area contributed by atoms with E-state index in [4.69, 9.17) is 26.6 Å². The molecule has 0 saturated heterocycles. The highest BCUT2D eigenvalue weighted by molar-refractivity contribution is 8.66. The zero-order valence-corrected chi connectivity index (χ0v) is 21.9. The molecule has 0 radical (unpaired) electrons. The van der Waals surface area contributed by atoms with Gasteiger partial charge in [0.2, 0.25) is 0 Å². The fraction of sp³-hybridized carbons (Fsp3) is 1.00. The van der Waals surface area contributed by atoms with Crippen molar-refractivity contribution < 1.29 is 56.6 Å². The highest BCUT2D eigenvalue weighted by Gasteiger charge is 2.57. The Morgan fingerprint density at radius 2 is 0.968 bits per heavy atom. The summed E-state index contributed by atoms with van der Waals surface area (Å²) in [6.07, 6.45) is -0.147. The summed E-state index contributed by atoms with van der Waals surface area (Å²) in [6, 6.07) is 0.0863. The molecule has 0 fully saturated rings. The molecular weight excluding hydrogens is 507 g/mol. The molecule has 0 aromatic heterocycles. The van der Waals surface area contributed by atoms with Crippen molar-refractivity contribution in [1.82, 2.24) is 4.31 Å². The maximum absolute atomic E-state index is 12.9. The summed E-state index contributed by atoms with van der Waals surface area (Å²) in [4.78, 5) is 0. The van der Waals surface area contributed by atoms with Gasteiger partial charge in [0.05, 0.1) is 0 Å². The summed E-state index contributed by atoms with van der Waals surface area (Å²) in [6.45, 7) is -1.08. The Hall–Kier alpha value is -0.156. The number of nitrogens with zero attached hydrogens (tertiary/aromatic N) is 1. The number of alkyl halides is 3. The van der Waals surface area contributed by atoms with Crippen LogP contribution < -0.4 is 0 Å². The van der Waals surface area contributed by atoms with E-state index in [1.54, 1.807) is 0 Å². The zero-order valence-electron chi connectivity index (χ0n) is 18.2. The first kappa shape index (κ1) is 30.8. The summed E-state index contributed by atoms with van der Waals surface area (Å²) in [5, 5.41) is 0. The van der Waals surface area contributed by atoms with E-state index in [1.165, 1.54) is 42.7 Å². The summed E-state index contributed by atoms with van der Waals surface area (Å²) in [5.74, 6) is 0. The van der Waals surface area contributed by atoms with Crippen LogP contribution in [0.15, 0.2) is 0 Å². The van der Waals surface area contributed by atoms with E-state index in [9.17, 15) is 30.0 Å². The predicted molar refractivity (Wildman–Crippen MR) is 108 cm³/mol. The molecule has 11 nitrogen and oxygen atoms in total. The van der Waals surface area contributed by atoms with E-state index in [1.807, 2.05) is 0 Å². The minimum atomic E-state index is -6.51. The lowest BCUT2D eigenvalue weighted by atomic mass is 10.4. The van der Waals surface area contributed by atoms with Gasteiger partial charge in [-0.1, -0.05) is 0 Å². The van der Waals surface area contributed by atoms with Crippen molar-refractivity contribution in [3.63, 3.8) is 0 Å². The van der Waals surface area contributed by atoms with Crippen LogP contribution in [-0.4, -0.2) is 100 Å². The minimum absolute atomic E-state index is 0.0431. The monoisotopic (exact) mass is 537 g/mol. The van der Waals surface area contributed by atoms with Gasteiger partial charge in [0.1, 0.15) is 0 Å². The number of rotatable bonds is 16. The fourth-order valence-electron chi connectivity index (χ4n) is 2.65. The summed E-state index contributed by atoms with van der Waals surface area (Å²) in [7, 11) is -10.7. The van der Waals surface area contributed by atoms with Crippen LogP contribution in [0.4, 0.5) is 13.2 Å². The number of hydrogen-bond donors (Lipinski definition) is 0. The molecule has 0 aliphatic rings. The van der Waals surface area contributed by atoms with Crippen molar-refractivity contribution in [3.8, 4) is 0 Å². The molecule has 0 rings (SSSR count). The van der Waals surface area contributed by atoms with Crippen molar-refractivity contribution in [3.05, 3.63) is 0 Å². The average molecular weight is 538 g/mol. The maximum Gasteiger partial charge on any atom is 0.513 e. The second kappa shape index (κ2) is 12.3. The topological polar surface area (TPSA) is 127 Å². The van der Waals surface area contributed by atoms with Gasteiger partial charge < -0.3 is 26.6 Å². The largest absolute Gasteiger partial charge is 0.513 e. The van der Waals surface area contributed by atoms with E-state index in [0.717, 1.165) is 0 Å². The molecule has 31 heavy (non-hydrogen) atoms. The highest BCUT2D eigenvalue weighted by atomic mass is 33.2. The third kappa shape index (κ3) is 7.42. The standard InChI is InChI=1S/C13H30F3NO10S2Si2/c1-22-30(23-2,24-3)11-7-9-17(10-8-12-31(25-4,26-5)27-6)29(20,21)28(18,19)13(14,15)16/h7-12H2,1-6H3. The van der Waals surface area contributed by atoms with Crippen molar-refractivity contribution >= 4 is 35.5 Å². The predicted octanol–water partition coefficient (Wildman–Crippen LogP) is 1.00. The normalized spacial score (nSPS) is 14.4. The first-order valence-corrected chi connectivity index (χ1v) is 16.1. The maximum atomic E-state index is 12.9. The molecule has 0 aromatic carbocycles.